The SMILES string of the molecule is O=C(CN1CC(c2ccccc2)CC1=O)N/N=C/c1cc2ccccc2[nH]c1=O. The van der Waals surface area contributed by atoms with Crippen LogP contribution in [0.4, 0.5) is 0 Å². The van der Waals surface area contributed by atoms with E-state index >= 15 is 0 Å². The number of hydrogen-bond donors (Lipinski definition) is 2. The van der Waals surface area contributed by atoms with E-state index in [1.807, 2.05) is 54.6 Å². The van der Waals surface area contributed by atoms with Gasteiger partial charge in [-0.15, -0.1) is 0 Å². The van der Waals surface area contributed by atoms with E-state index < -0.39 is 5.91 Å². The highest BCUT2D eigenvalue weighted by Crippen LogP contribution is 2.27. The standard InChI is InChI=1S/C22H20N4O3/c27-20(14-26-13-18(11-21(26)28)15-6-2-1-3-7-15)25-23-12-17-10-16-8-4-5-9-19(16)24-22(17)29/h1-10,12,18H,11,13-14H2,(H,24,29)(H,25,27)/b23-12+. The molecule has 2 amide bonds. The van der Waals surface area contributed by atoms with Gasteiger partial charge in [-0.2, -0.15) is 5.10 Å². The molecule has 2 N–H and O–H groups in total. The quantitative estimate of drug-likeness (QED) is 0.517. The van der Waals surface area contributed by atoms with Gasteiger partial charge in [0.05, 0.1) is 11.8 Å². The zero-order valence-corrected chi connectivity index (χ0v) is 15.7. The lowest BCUT2D eigenvalue weighted by atomic mass is 9.99. The number of H-pyrrole nitrogens is 1. The topological polar surface area (TPSA) is 94.6 Å². The van der Waals surface area contributed by atoms with Gasteiger partial charge >= 0.3 is 0 Å². The molecular formula is C22H20N4O3. The third-order valence-corrected chi connectivity index (χ3v) is 5.00. The molecule has 1 saturated heterocycles. The molecule has 7 nitrogen and oxygen atoms in total. The Kier molecular flexibility index (Phi) is 5.20. The molecule has 7 heteroatoms. The Bertz CT molecular complexity index is 1140. The normalized spacial score (nSPS) is 16.6. The molecule has 1 aromatic heterocycles. The van der Waals surface area contributed by atoms with Gasteiger partial charge in [-0.25, -0.2) is 5.43 Å². The van der Waals surface area contributed by atoms with E-state index in [0.717, 1.165) is 16.5 Å². The number of nitrogens with zero attached hydrogens (tertiary/aromatic N) is 2. The predicted molar refractivity (Wildman–Crippen MR) is 111 cm³/mol. The molecule has 2 aromatic carbocycles. The number of pyridine rings is 1. The van der Waals surface area contributed by atoms with Crippen molar-refractivity contribution in [3.63, 3.8) is 0 Å². The van der Waals surface area contributed by atoms with Crippen LogP contribution < -0.4 is 11.0 Å². The second kappa shape index (κ2) is 8.10. The van der Waals surface area contributed by atoms with Crippen LogP contribution >= 0.6 is 0 Å². The summed E-state index contributed by atoms with van der Waals surface area (Å²) in [5, 5.41) is 4.74. The summed E-state index contributed by atoms with van der Waals surface area (Å²) in [6.07, 6.45) is 1.70. The van der Waals surface area contributed by atoms with E-state index in [4.69, 9.17) is 0 Å². The predicted octanol–water partition coefficient (Wildman–Crippen LogP) is 1.99. The van der Waals surface area contributed by atoms with E-state index in [2.05, 4.69) is 15.5 Å². The van der Waals surface area contributed by atoms with Crippen LogP contribution in [0.3, 0.4) is 0 Å². The second-order valence-corrected chi connectivity index (χ2v) is 7.02. The maximum atomic E-state index is 12.2. The fourth-order valence-electron chi connectivity index (χ4n) is 3.52. The Hall–Kier alpha value is -3.74. The summed E-state index contributed by atoms with van der Waals surface area (Å²) in [4.78, 5) is 40.8. The maximum absolute atomic E-state index is 12.2. The number of carbonyl (C=O) groups is 2. The zero-order valence-electron chi connectivity index (χ0n) is 15.7. The Morgan fingerprint density at radius 1 is 1.14 bits per heavy atom. The van der Waals surface area contributed by atoms with Crippen LogP contribution in [0.15, 0.2) is 70.6 Å². The molecule has 0 saturated carbocycles. The van der Waals surface area contributed by atoms with Gasteiger partial charge in [0.2, 0.25) is 5.91 Å². The van der Waals surface area contributed by atoms with Gasteiger partial charge in [-0.05, 0) is 23.1 Å². The van der Waals surface area contributed by atoms with Crippen molar-refractivity contribution in [3.05, 3.63) is 82.1 Å². The molecule has 0 aliphatic carbocycles. The minimum atomic E-state index is -0.402. The minimum absolute atomic E-state index is 0.0519. The van der Waals surface area contributed by atoms with Gasteiger partial charge in [0.1, 0.15) is 6.54 Å². The van der Waals surface area contributed by atoms with Crippen molar-refractivity contribution in [2.75, 3.05) is 13.1 Å². The molecule has 0 spiro atoms. The molecule has 1 fully saturated rings. The highest BCUT2D eigenvalue weighted by molar-refractivity contribution is 5.89. The molecular weight excluding hydrogens is 368 g/mol. The number of hydrazone groups is 1. The number of amides is 2. The van der Waals surface area contributed by atoms with Crippen molar-refractivity contribution in [3.8, 4) is 0 Å². The van der Waals surface area contributed by atoms with Gasteiger partial charge in [0.15, 0.2) is 0 Å². The molecule has 1 unspecified atom stereocenters. The number of nitrogens with one attached hydrogen (secondary N) is 2. The van der Waals surface area contributed by atoms with Gasteiger partial charge in [0.25, 0.3) is 11.5 Å². The van der Waals surface area contributed by atoms with Crippen molar-refractivity contribution in [2.24, 2.45) is 5.10 Å². The molecule has 1 aliphatic heterocycles. The van der Waals surface area contributed by atoms with Crippen LogP contribution in [0.1, 0.15) is 23.5 Å². The van der Waals surface area contributed by atoms with Crippen LogP contribution in [0, 0.1) is 0 Å². The van der Waals surface area contributed by atoms with Crippen molar-refractivity contribution < 1.29 is 9.59 Å². The summed E-state index contributed by atoms with van der Waals surface area (Å²) in [6.45, 7) is 0.442. The third-order valence-electron chi connectivity index (χ3n) is 5.00. The number of aromatic amines is 1. The van der Waals surface area contributed by atoms with E-state index in [9.17, 15) is 14.4 Å². The van der Waals surface area contributed by atoms with Gasteiger partial charge in [-0.1, -0.05) is 48.5 Å². The first-order valence-corrected chi connectivity index (χ1v) is 9.37. The second-order valence-electron chi connectivity index (χ2n) is 7.02. The summed E-state index contributed by atoms with van der Waals surface area (Å²) in [5.41, 5.74) is 4.27. The van der Waals surface area contributed by atoms with E-state index in [0.29, 0.717) is 18.5 Å². The van der Waals surface area contributed by atoms with Crippen molar-refractivity contribution in [2.45, 2.75) is 12.3 Å². The first kappa shape index (κ1) is 18.6. The Morgan fingerprint density at radius 3 is 2.72 bits per heavy atom. The summed E-state index contributed by atoms with van der Waals surface area (Å²) in [7, 11) is 0. The van der Waals surface area contributed by atoms with Crippen LogP contribution in [0.25, 0.3) is 10.9 Å². The van der Waals surface area contributed by atoms with Gasteiger partial charge < -0.3 is 9.88 Å². The van der Waals surface area contributed by atoms with Crippen LogP contribution in [-0.2, 0) is 9.59 Å². The van der Waals surface area contributed by atoms with Gasteiger partial charge in [0, 0.05) is 24.4 Å². The van der Waals surface area contributed by atoms with E-state index in [1.165, 1.54) is 11.1 Å². The maximum Gasteiger partial charge on any atom is 0.259 e. The average Bonchev–Trinajstić information content (AvgIpc) is 3.09. The van der Waals surface area contributed by atoms with Crippen molar-refractivity contribution in [1.82, 2.24) is 15.3 Å². The largest absolute Gasteiger partial charge is 0.333 e. The number of aromatic nitrogens is 1. The molecule has 4 rings (SSSR count). The number of hydrogen-bond acceptors (Lipinski definition) is 4. The molecule has 1 atom stereocenters. The lowest BCUT2D eigenvalue weighted by Crippen LogP contribution is -2.36. The number of fused-ring (bicyclic) bond motifs is 1. The highest BCUT2D eigenvalue weighted by atomic mass is 16.2. The number of para-hydroxylation sites is 1. The molecule has 0 bridgehead atoms. The minimum Gasteiger partial charge on any atom is -0.333 e. The average molecular weight is 388 g/mol. The summed E-state index contributed by atoms with van der Waals surface area (Å²) >= 11 is 0. The summed E-state index contributed by atoms with van der Waals surface area (Å²) in [5.74, 6) is -0.361. The Labute approximate surface area is 167 Å². The number of benzene rings is 2. The monoisotopic (exact) mass is 388 g/mol. The summed E-state index contributed by atoms with van der Waals surface area (Å²) < 4.78 is 0. The van der Waals surface area contributed by atoms with E-state index in [1.54, 1.807) is 6.07 Å². The lowest BCUT2D eigenvalue weighted by molar-refractivity contribution is -0.133. The van der Waals surface area contributed by atoms with Crippen LogP contribution in [0.2, 0.25) is 0 Å². The zero-order chi connectivity index (χ0) is 20.2. The van der Waals surface area contributed by atoms with Crippen LogP contribution in [0.5, 0.6) is 0 Å². The van der Waals surface area contributed by atoms with Gasteiger partial charge in [-0.3, -0.25) is 14.4 Å². The number of rotatable bonds is 5. The fraction of sp³-hybridized carbons (Fsp3) is 0.182. The fourth-order valence-corrected chi connectivity index (χ4v) is 3.52. The third kappa shape index (κ3) is 4.24. The highest BCUT2D eigenvalue weighted by Gasteiger charge is 2.31. The smallest absolute Gasteiger partial charge is 0.259 e. The van der Waals surface area contributed by atoms with Crippen molar-refractivity contribution >= 4 is 28.9 Å². The Morgan fingerprint density at radius 2 is 1.90 bits per heavy atom. The first-order valence-electron chi connectivity index (χ1n) is 9.37. The van der Waals surface area contributed by atoms with E-state index in [-0.39, 0.29) is 23.9 Å². The Balaban J connectivity index is 1.36. The number of likely N-dealkylation sites (tertiary alicyclic amines) is 1. The molecule has 2 heterocycles. The summed E-state index contributed by atoms with van der Waals surface area (Å²) in [6, 6.07) is 18.9. The number of carbonyl (C=O) groups excluding carboxylic acids is 2. The molecule has 1 aliphatic rings. The lowest BCUT2D eigenvalue weighted by Gasteiger charge is -2.15. The first-order chi connectivity index (χ1) is 14.1. The molecule has 0 radical (unpaired) electrons. The molecule has 3 aromatic rings. The molecule has 29 heavy (non-hydrogen) atoms. The van der Waals surface area contributed by atoms with Crippen molar-refractivity contribution in [1.29, 1.82) is 0 Å². The van der Waals surface area contributed by atoms with Crippen LogP contribution in [-0.4, -0.2) is 41.0 Å². The molecule has 146 valence electrons.